The number of hydrogen-bond acceptors (Lipinski definition) is 7. The molecule has 1 aromatic rings. The fraction of sp³-hybridized carbons (Fsp3) is 0.591. The Labute approximate surface area is 178 Å². The van der Waals surface area contributed by atoms with Gasteiger partial charge in [-0.1, -0.05) is 31.1 Å². The van der Waals surface area contributed by atoms with Crippen molar-refractivity contribution in [2.45, 2.75) is 40.7 Å². The van der Waals surface area contributed by atoms with Crippen LogP contribution in [-0.2, 0) is 30.5 Å². The second-order valence-electron chi connectivity index (χ2n) is 7.19. The fourth-order valence-electron chi connectivity index (χ4n) is 2.16. The normalized spacial score (nSPS) is 10.6. The molecule has 1 N–H and O–H groups in total. The van der Waals surface area contributed by atoms with Crippen molar-refractivity contribution in [1.82, 2.24) is 5.32 Å². The van der Waals surface area contributed by atoms with Crippen LogP contribution in [0, 0.1) is 5.92 Å². The van der Waals surface area contributed by atoms with E-state index in [1.165, 1.54) is 0 Å². The maximum atomic E-state index is 11.8. The number of nitrogens with one attached hydrogen (secondary N) is 1. The number of amides is 1. The Morgan fingerprint density at radius 2 is 1.67 bits per heavy atom. The van der Waals surface area contributed by atoms with Crippen LogP contribution in [-0.4, -0.2) is 57.0 Å². The van der Waals surface area contributed by atoms with E-state index in [1.54, 1.807) is 12.1 Å². The van der Waals surface area contributed by atoms with Crippen LogP contribution in [0.2, 0.25) is 0 Å². The molecule has 30 heavy (non-hydrogen) atoms. The molecule has 1 aromatic carbocycles. The number of Topliss-reactive ketones (excluding diaryl/α,β-unsaturated/α-hetero) is 1. The van der Waals surface area contributed by atoms with Crippen LogP contribution in [0.15, 0.2) is 29.4 Å². The zero-order valence-electron chi connectivity index (χ0n) is 18.4. The van der Waals surface area contributed by atoms with E-state index in [1.807, 2.05) is 39.8 Å². The van der Waals surface area contributed by atoms with Gasteiger partial charge >= 0.3 is 0 Å². The first-order chi connectivity index (χ1) is 14.4. The molecule has 0 radical (unpaired) electrons. The molecule has 1 rings (SSSR count). The van der Waals surface area contributed by atoms with Crippen molar-refractivity contribution in [3.63, 3.8) is 0 Å². The molecule has 0 saturated heterocycles. The van der Waals surface area contributed by atoms with Crippen molar-refractivity contribution < 1.29 is 28.6 Å². The molecule has 0 fully saturated rings. The molecule has 0 heterocycles. The monoisotopic (exact) mass is 422 g/mol. The molecule has 1 amide bonds. The summed E-state index contributed by atoms with van der Waals surface area (Å²) in [6.07, 6.45) is 0.428. The first-order valence-corrected chi connectivity index (χ1v) is 10.2. The zero-order valence-corrected chi connectivity index (χ0v) is 18.4. The third kappa shape index (κ3) is 12.9. The Hall–Kier alpha value is -2.45. The quantitative estimate of drug-likeness (QED) is 0.250. The molecule has 0 aliphatic rings. The average Bonchev–Trinajstić information content (AvgIpc) is 2.71. The van der Waals surface area contributed by atoms with E-state index in [-0.39, 0.29) is 24.2 Å². The van der Waals surface area contributed by atoms with Gasteiger partial charge in [0.25, 0.3) is 5.91 Å². The van der Waals surface area contributed by atoms with Crippen LogP contribution < -0.4 is 10.1 Å². The van der Waals surface area contributed by atoms with Crippen LogP contribution in [0.4, 0.5) is 0 Å². The summed E-state index contributed by atoms with van der Waals surface area (Å²) in [5.74, 6) is 0.625. The molecule has 0 bridgehead atoms. The van der Waals surface area contributed by atoms with Crippen molar-refractivity contribution in [1.29, 1.82) is 0 Å². The van der Waals surface area contributed by atoms with E-state index in [9.17, 15) is 9.59 Å². The minimum atomic E-state index is -0.220. The van der Waals surface area contributed by atoms with E-state index >= 15 is 0 Å². The minimum absolute atomic E-state index is 0.0431. The molecule has 8 heteroatoms. The van der Waals surface area contributed by atoms with Crippen molar-refractivity contribution in [3.8, 4) is 5.75 Å². The Morgan fingerprint density at radius 3 is 2.30 bits per heavy atom. The lowest BCUT2D eigenvalue weighted by atomic mass is 10.1. The van der Waals surface area contributed by atoms with Gasteiger partial charge in [0.2, 0.25) is 0 Å². The van der Waals surface area contributed by atoms with Crippen LogP contribution in [0.25, 0.3) is 0 Å². The van der Waals surface area contributed by atoms with Crippen LogP contribution in [0.5, 0.6) is 5.75 Å². The number of ether oxygens (including phenoxy) is 3. The van der Waals surface area contributed by atoms with Gasteiger partial charge in [0.1, 0.15) is 18.1 Å². The Morgan fingerprint density at radius 1 is 1.00 bits per heavy atom. The average molecular weight is 423 g/mol. The number of hydrogen-bond donors (Lipinski definition) is 1. The molecule has 0 atom stereocenters. The molecule has 0 unspecified atom stereocenters. The van der Waals surface area contributed by atoms with E-state index in [0.29, 0.717) is 51.7 Å². The molecule has 168 valence electrons. The topological polar surface area (TPSA) is 95.5 Å². The maximum Gasteiger partial charge on any atom is 0.258 e. The molecule has 0 spiro atoms. The number of rotatable bonds is 16. The summed E-state index contributed by atoms with van der Waals surface area (Å²) in [5, 5.41) is 6.60. The predicted molar refractivity (Wildman–Crippen MR) is 115 cm³/mol. The lowest BCUT2D eigenvalue weighted by molar-refractivity contribution is -0.123. The maximum absolute atomic E-state index is 11.8. The van der Waals surface area contributed by atoms with Crippen molar-refractivity contribution >= 4 is 17.4 Å². The fourth-order valence-corrected chi connectivity index (χ4v) is 2.16. The standard InChI is InChI=1S/C22H34N2O6/c1-17(2)21(25)9-11-27-13-14-28-12-10-23-22(26)16-29-20-7-5-19(6-8-20)15-30-24-18(3)4/h5-8,17H,9-16H2,1-4H3,(H,23,26). The summed E-state index contributed by atoms with van der Waals surface area (Å²) >= 11 is 0. The van der Waals surface area contributed by atoms with E-state index in [0.717, 1.165) is 11.3 Å². The van der Waals surface area contributed by atoms with Gasteiger partial charge in [0.05, 0.1) is 32.1 Å². The van der Waals surface area contributed by atoms with Gasteiger partial charge < -0.3 is 24.4 Å². The van der Waals surface area contributed by atoms with Crippen LogP contribution in [0.3, 0.4) is 0 Å². The summed E-state index contributed by atoms with van der Waals surface area (Å²) < 4.78 is 16.2. The van der Waals surface area contributed by atoms with Gasteiger partial charge in [-0.3, -0.25) is 9.59 Å². The van der Waals surface area contributed by atoms with E-state index in [4.69, 9.17) is 19.0 Å². The summed E-state index contributed by atoms with van der Waals surface area (Å²) in [6, 6.07) is 7.30. The van der Waals surface area contributed by atoms with Crippen molar-refractivity contribution in [2.24, 2.45) is 11.1 Å². The first-order valence-electron chi connectivity index (χ1n) is 10.2. The highest BCUT2D eigenvalue weighted by molar-refractivity contribution is 5.80. The highest BCUT2D eigenvalue weighted by atomic mass is 16.6. The highest BCUT2D eigenvalue weighted by Crippen LogP contribution is 2.12. The zero-order chi connectivity index (χ0) is 22.2. The van der Waals surface area contributed by atoms with Gasteiger partial charge in [-0.15, -0.1) is 0 Å². The number of carbonyl (C=O) groups excluding carboxylic acids is 2. The molecular formula is C22H34N2O6. The van der Waals surface area contributed by atoms with Gasteiger partial charge in [-0.25, -0.2) is 0 Å². The molecule has 8 nitrogen and oxygen atoms in total. The van der Waals surface area contributed by atoms with Gasteiger partial charge in [-0.2, -0.15) is 0 Å². The SMILES string of the molecule is CC(C)=NOCc1ccc(OCC(=O)NCCOCCOCCC(=O)C(C)C)cc1. The number of ketones is 1. The Kier molecular flexibility index (Phi) is 13.1. The minimum Gasteiger partial charge on any atom is -0.484 e. The third-order valence-corrected chi connectivity index (χ3v) is 3.85. The largest absolute Gasteiger partial charge is 0.484 e. The number of benzene rings is 1. The van der Waals surface area contributed by atoms with Crippen molar-refractivity contribution in [3.05, 3.63) is 29.8 Å². The first kappa shape index (κ1) is 25.6. The van der Waals surface area contributed by atoms with Gasteiger partial charge in [0, 0.05) is 18.9 Å². The lowest BCUT2D eigenvalue weighted by Gasteiger charge is -2.09. The van der Waals surface area contributed by atoms with Crippen LogP contribution >= 0.6 is 0 Å². The highest BCUT2D eigenvalue weighted by Gasteiger charge is 2.06. The molecule has 0 aromatic heterocycles. The Bertz CT molecular complexity index is 654. The second-order valence-corrected chi connectivity index (χ2v) is 7.19. The molecule has 0 aliphatic carbocycles. The molecule has 0 aliphatic heterocycles. The summed E-state index contributed by atoms with van der Waals surface area (Å²) in [7, 11) is 0. The summed E-state index contributed by atoms with van der Waals surface area (Å²) in [4.78, 5) is 28.4. The number of nitrogens with zero attached hydrogens (tertiary/aromatic N) is 1. The lowest BCUT2D eigenvalue weighted by Crippen LogP contribution is -2.31. The summed E-state index contributed by atoms with van der Waals surface area (Å²) in [6.45, 7) is 9.82. The van der Waals surface area contributed by atoms with Crippen molar-refractivity contribution in [2.75, 3.05) is 39.6 Å². The smallest absolute Gasteiger partial charge is 0.258 e. The Balaban J connectivity index is 2.03. The van der Waals surface area contributed by atoms with E-state index in [2.05, 4.69) is 10.5 Å². The second kappa shape index (κ2) is 15.4. The molecule has 0 saturated carbocycles. The van der Waals surface area contributed by atoms with Crippen LogP contribution in [0.1, 0.15) is 39.7 Å². The predicted octanol–water partition coefficient (Wildman–Crippen LogP) is 2.74. The summed E-state index contributed by atoms with van der Waals surface area (Å²) in [5.41, 5.74) is 1.82. The molecular weight excluding hydrogens is 388 g/mol. The van der Waals surface area contributed by atoms with Gasteiger partial charge in [-0.05, 0) is 31.5 Å². The van der Waals surface area contributed by atoms with E-state index < -0.39 is 0 Å². The number of oxime groups is 1. The van der Waals surface area contributed by atoms with Gasteiger partial charge in [0.15, 0.2) is 6.61 Å². The number of carbonyl (C=O) groups is 2. The third-order valence-electron chi connectivity index (χ3n) is 3.85.